The first-order valence-corrected chi connectivity index (χ1v) is 8.56. The van der Waals surface area contributed by atoms with E-state index in [9.17, 15) is 9.59 Å². The number of rotatable bonds is 5. The van der Waals surface area contributed by atoms with E-state index in [1.54, 1.807) is 16.8 Å². The lowest BCUT2D eigenvalue weighted by atomic mass is 10.1. The van der Waals surface area contributed by atoms with Crippen LogP contribution in [0.25, 0.3) is 10.8 Å². The van der Waals surface area contributed by atoms with Gasteiger partial charge in [-0.2, -0.15) is 0 Å². The third kappa shape index (κ3) is 3.79. The summed E-state index contributed by atoms with van der Waals surface area (Å²) in [6.07, 6.45) is 3.01. The lowest BCUT2D eigenvalue weighted by Crippen LogP contribution is -2.20. The van der Waals surface area contributed by atoms with E-state index >= 15 is 0 Å². The van der Waals surface area contributed by atoms with Crippen LogP contribution in [0.2, 0.25) is 0 Å². The van der Waals surface area contributed by atoms with Gasteiger partial charge in [-0.1, -0.05) is 42.8 Å². The molecule has 3 rings (SSSR count). The van der Waals surface area contributed by atoms with Gasteiger partial charge in [-0.25, -0.2) is 0 Å². The quantitative estimate of drug-likeness (QED) is 0.769. The molecule has 0 spiro atoms. The molecule has 4 nitrogen and oxygen atoms in total. The molecule has 4 heteroatoms. The fraction of sp³-hybridized carbons (Fsp3) is 0.238. The van der Waals surface area contributed by atoms with Crippen LogP contribution in [0.15, 0.2) is 59.5 Å². The zero-order chi connectivity index (χ0) is 17.8. The first-order chi connectivity index (χ1) is 12.1. The van der Waals surface area contributed by atoms with E-state index in [1.807, 2.05) is 56.3 Å². The molecule has 0 radical (unpaired) electrons. The molecule has 1 amide bonds. The van der Waals surface area contributed by atoms with Gasteiger partial charge in [-0.05, 0) is 37.1 Å². The van der Waals surface area contributed by atoms with Gasteiger partial charge in [0.05, 0.1) is 6.42 Å². The number of anilines is 1. The topological polar surface area (TPSA) is 51.1 Å². The van der Waals surface area contributed by atoms with Crippen molar-refractivity contribution < 1.29 is 4.79 Å². The molecule has 0 fully saturated rings. The Balaban J connectivity index is 1.86. The van der Waals surface area contributed by atoms with Crippen molar-refractivity contribution >= 4 is 22.4 Å². The Hall–Kier alpha value is -2.88. The summed E-state index contributed by atoms with van der Waals surface area (Å²) < 4.78 is 1.71. The molecule has 2 aromatic carbocycles. The Labute approximate surface area is 147 Å². The molecular weight excluding hydrogens is 312 g/mol. The van der Waals surface area contributed by atoms with Gasteiger partial charge in [-0.15, -0.1) is 0 Å². The molecule has 0 bridgehead atoms. The van der Waals surface area contributed by atoms with Gasteiger partial charge in [0.15, 0.2) is 0 Å². The lowest BCUT2D eigenvalue weighted by Gasteiger charge is -2.11. The summed E-state index contributed by atoms with van der Waals surface area (Å²) in [6, 6.07) is 15.3. The smallest absolute Gasteiger partial charge is 0.258 e. The van der Waals surface area contributed by atoms with Crippen LogP contribution in [0.1, 0.15) is 24.5 Å². The minimum Gasteiger partial charge on any atom is -0.325 e. The number of pyridine rings is 1. The van der Waals surface area contributed by atoms with Gasteiger partial charge in [-0.3, -0.25) is 9.59 Å². The van der Waals surface area contributed by atoms with Gasteiger partial charge < -0.3 is 9.88 Å². The molecule has 0 unspecified atom stereocenters. The molecule has 0 saturated carbocycles. The van der Waals surface area contributed by atoms with Crippen molar-refractivity contribution in [2.45, 2.75) is 33.2 Å². The molecule has 25 heavy (non-hydrogen) atoms. The van der Waals surface area contributed by atoms with Crippen molar-refractivity contribution in [2.24, 2.45) is 0 Å². The second-order valence-electron chi connectivity index (χ2n) is 6.29. The van der Waals surface area contributed by atoms with Crippen LogP contribution >= 0.6 is 0 Å². The molecular formula is C21H22N2O2. The average molecular weight is 334 g/mol. The SMILES string of the molecule is CCCn1ccc2c(NC(=O)Cc3ccc(C)cc3)cccc2c1=O. The molecule has 0 aliphatic carbocycles. The minimum atomic E-state index is -0.0888. The number of nitrogens with one attached hydrogen (secondary N) is 1. The standard InChI is InChI=1S/C21H22N2O2/c1-3-12-23-13-11-17-18(21(23)25)5-4-6-19(17)22-20(24)14-16-9-7-15(2)8-10-16/h4-11,13H,3,12,14H2,1-2H3,(H,22,24). The molecule has 0 atom stereocenters. The Bertz CT molecular complexity index is 956. The Kier molecular flexibility index (Phi) is 4.98. The van der Waals surface area contributed by atoms with E-state index in [1.165, 1.54) is 5.56 Å². The van der Waals surface area contributed by atoms with Crippen molar-refractivity contribution in [1.82, 2.24) is 4.57 Å². The highest BCUT2D eigenvalue weighted by atomic mass is 16.1. The van der Waals surface area contributed by atoms with Crippen molar-refractivity contribution in [3.8, 4) is 0 Å². The largest absolute Gasteiger partial charge is 0.325 e. The van der Waals surface area contributed by atoms with Crippen LogP contribution in [0, 0.1) is 6.92 Å². The highest BCUT2D eigenvalue weighted by Crippen LogP contribution is 2.21. The predicted molar refractivity (Wildman–Crippen MR) is 102 cm³/mol. The van der Waals surface area contributed by atoms with E-state index in [0.29, 0.717) is 24.0 Å². The van der Waals surface area contributed by atoms with Gasteiger partial charge in [0.2, 0.25) is 5.91 Å². The fourth-order valence-corrected chi connectivity index (χ4v) is 2.93. The maximum Gasteiger partial charge on any atom is 0.258 e. The molecule has 1 heterocycles. The third-order valence-electron chi connectivity index (χ3n) is 4.24. The van der Waals surface area contributed by atoms with E-state index in [0.717, 1.165) is 17.4 Å². The number of amides is 1. The highest BCUT2D eigenvalue weighted by Gasteiger charge is 2.09. The van der Waals surface area contributed by atoms with Crippen molar-refractivity contribution in [1.29, 1.82) is 0 Å². The second kappa shape index (κ2) is 7.34. The summed E-state index contributed by atoms with van der Waals surface area (Å²) in [5.74, 6) is -0.0888. The number of carbonyl (C=O) groups excluding carboxylic acids is 1. The van der Waals surface area contributed by atoms with Crippen LogP contribution in [-0.2, 0) is 17.8 Å². The predicted octanol–water partition coefficient (Wildman–Crippen LogP) is 3.90. The van der Waals surface area contributed by atoms with E-state index < -0.39 is 0 Å². The number of hydrogen-bond donors (Lipinski definition) is 1. The minimum absolute atomic E-state index is 0.0195. The molecule has 0 saturated heterocycles. The van der Waals surface area contributed by atoms with Gasteiger partial charge >= 0.3 is 0 Å². The van der Waals surface area contributed by atoms with E-state index in [-0.39, 0.29) is 11.5 Å². The van der Waals surface area contributed by atoms with Gasteiger partial charge in [0.25, 0.3) is 5.56 Å². The van der Waals surface area contributed by atoms with Crippen molar-refractivity contribution in [3.05, 3.63) is 76.2 Å². The zero-order valence-corrected chi connectivity index (χ0v) is 14.6. The van der Waals surface area contributed by atoms with Crippen molar-refractivity contribution in [2.75, 3.05) is 5.32 Å². The maximum absolute atomic E-state index is 12.5. The van der Waals surface area contributed by atoms with Crippen LogP contribution in [0.5, 0.6) is 0 Å². The summed E-state index contributed by atoms with van der Waals surface area (Å²) in [5.41, 5.74) is 2.79. The zero-order valence-electron chi connectivity index (χ0n) is 14.6. The number of fused-ring (bicyclic) bond motifs is 1. The first-order valence-electron chi connectivity index (χ1n) is 8.56. The number of benzene rings is 2. The third-order valence-corrected chi connectivity index (χ3v) is 4.24. The number of hydrogen-bond acceptors (Lipinski definition) is 2. The Morgan fingerprint density at radius 1 is 1.04 bits per heavy atom. The fourth-order valence-electron chi connectivity index (χ4n) is 2.93. The molecule has 1 aromatic heterocycles. The summed E-state index contributed by atoms with van der Waals surface area (Å²) >= 11 is 0. The number of nitrogens with zero attached hydrogens (tertiary/aromatic N) is 1. The van der Waals surface area contributed by atoms with Gasteiger partial charge in [0.1, 0.15) is 0 Å². The Morgan fingerprint density at radius 2 is 1.80 bits per heavy atom. The van der Waals surface area contributed by atoms with Crippen LogP contribution < -0.4 is 10.9 Å². The summed E-state index contributed by atoms with van der Waals surface area (Å²) in [7, 11) is 0. The van der Waals surface area contributed by atoms with Crippen LogP contribution in [0.4, 0.5) is 5.69 Å². The van der Waals surface area contributed by atoms with E-state index in [4.69, 9.17) is 0 Å². The first kappa shape index (κ1) is 17.0. The summed E-state index contributed by atoms with van der Waals surface area (Å²) in [4.78, 5) is 24.9. The number of aryl methyl sites for hydroxylation is 2. The number of aromatic nitrogens is 1. The lowest BCUT2D eigenvalue weighted by molar-refractivity contribution is -0.115. The summed E-state index contributed by atoms with van der Waals surface area (Å²) in [6.45, 7) is 4.75. The highest BCUT2D eigenvalue weighted by molar-refractivity contribution is 6.02. The molecule has 3 aromatic rings. The monoisotopic (exact) mass is 334 g/mol. The van der Waals surface area contributed by atoms with Crippen LogP contribution in [-0.4, -0.2) is 10.5 Å². The molecule has 0 aliphatic rings. The normalized spacial score (nSPS) is 10.8. The second-order valence-corrected chi connectivity index (χ2v) is 6.29. The average Bonchev–Trinajstić information content (AvgIpc) is 2.60. The molecule has 0 aliphatic heterocycles. The van der Waals surface area contributed by atoms with Gasteiger partial charge in [0, 0.05) is 29.2 Å². The summed E-state index contributed by atoms with van der Waals surface area (Å²) in [5, 5.41) is 4.34. The molecule has 1 N–H and O–H groups in total. The van der Waals surface area contributed by atoms with Crippen molar-refractivity contribution in [3.63, 3.8) is 0 Å². The Morgan fingerprint density at radius 3 is 2.52 bits per heavy atom. The van der Waals surface area contributed by atoms with Crippen LogP contribution in [0.3, 0.4) is 0 Å². The molecule has 128 valence electrons. The maximum atomic E-state index is 12.5. The van der Waals surface area contributed by atoms with E-state index in [2.05, 4.69) is 5.32 Å². The number of carbonyl (C=O) groups is 1.